The molecule has 0 unspecified atom stereocenters. The molecular formula is C27H30N4O2. The third kappa shape index (κ3) is 4.25. The van der Waals surface area contributed by atoms with Gasteiger partial charge in [0.05, 0.1) is 5.41 Å². The maximum absolute atomic E-state index is 12.8. The van der Waals surface area contributed by atoms with Gasteiger partial charge in [0.2, 0.25) is 5.91 Å². The molecule has 2 amide bonds. The van der Waals surface area contributed by atoms with Gasteiger partial charge in [-0.25, -0.2) is 4.98 Å². The van der Waals surface area contributed by atoms with E-state index < -0.39 is 5.41 Å². The monoisotopic (exact) mass is 442 g/mol. The zero-order valence-electron chi connectivity index (χ0n) is 19.8. The number of nitrogens with one attached hydrogen (secondary N) is 2. The number of hydrogen-bond acceptors (Lipinski definition) is 4. The number of carbonyl (C=O) groups is 2. The first-order valence-corrected chi connectivity index (χ1v) is 11.3. The van der Waals surface area contributed by atoms with Crippen LogP contribution in [0.25, 0.3) is 0 Å². The smallest absolute Gasteiger partial charge is 0.251 e. The van der Waals surface area contributed by atoms with E-state index in [4.69, 9.17) is 0 Å². The number of benzene rings is 1. The number of amides is 2. The van der Waals surface area contributed by atoms with Gasteiger partial charge in [-0.15, -0.1) is 0 Å². The molecule has 2 aromatic heterocycles. The lowest BCUT2D eigenvalue weighted by Gasteiger charge is -2.30. The number of carbonyl (C=O) groups excluding carboxylic acids is 2. The summed E-state index contributed by atoms with van der Waals surface area (Å²) in [7, 11) is 0. The maximum Gasteiger partial charge on any atom is 0.251 e. The van der Waals surface area contributed by atoms with Crippen molar-refractivity contribution in [1.82, 2.24) is 15.3 Å². The van der Waals surface area contributed by atoms with Crippen LogP contribution in [0.15, 0.2) is 54.7 Å². The van der Waals surface area contributed by atoms with Crippen LogP contribution in [0.2, 0.25) is 0 Å². The molecule has 0 aliphatic carbocycles. The Morgan fingerprint density at radius 2 is 1.85 bits per heavy atom. The molecule has 3 aromatic rings. The van der Waals surface area contributed by atoms with Crippen LogP contribution in [-0.4, -0.2) is 21.8 Å². The fourth-order valence-corrected chi connectivity index (χ4v) is 4.42. The van der Waals surface area contributed by atoms with E-state index in [0.717, 1.165) is 28.1 Å². The van der Waals surface area contributed by atoms with Gasteiger partial charge in [0.1, 0.15) is 5.82 Å². The van der Waals surface area contributed by atoms with Crippen molar-refractivity contribution in [3.05, 3.63) is 88.4 Å². The fourth-order valence-electron chi connectivity index (χ4n) is 4.42. The number of pyridine rings is 2. The molecule has 170 valence electrons. The summed E-state index contributed by atoms with van der Waals surface area (Å²) in [5, 5.41) is 5.90. The molecule has 6 nitrogen and oxygen atoms in total. The molecule has 3 heterocycles. The lowest BCUT2D eigenvalue weighted by atomic mass is 9.71. The van der Waals surface area contributed by atoms with Crippen molar-refractivity contribution in [2.75, 3.05) is 5.32 Å². The first-order chi connectivity index (χ1) is 15.7. The van der Waals surface area contributed by atoms with Crippen LogP contribution in [0.5, 0.6) is 0 Å². The molecule has 2 N–H and O–H groups in total. The van der Waals surface area contributed by atoms with Crippen molar-refractivity contribution >= 4 is 17.6 Å². The Hall–Kier alpha value is -3.54. The zero-order valence-corrected chi connectivity index (χ0v) is 19.8. The Morgan fingerprint density at radius 1 is 1.12 bits per heavy atom. The molecule has 0 fully saturated rings. The molecule has 0 bridgehead atoms. The third-order valence-corrected chi connectivity index (χ3v) is 6.69. The van der Waals surface area contributed by atoms with Crippen LogP contribution in [0.1, 0.15) is 78.0 Å². The van der Waals surface area contributed by atoms with Crippen LogP contribution in [0.3, 0.4) is 0 Å². The molecule has 1 aromatic carbocycles. The minimum atomic E-state index is -0.722. The molecule has 2 atom stereocenters. The molecule has 0 radical (unpaired) electrons. The van der Waals surface area contributed by atoms with Gasteiger partial charge in [0, 0.05) is 35.3 Å². The largest absolute Gasteiger partial charge is 0.348 e. The van der Waals surface area contributed by atoms with E-state index in [1.165, 1.54) is 0 Å². The van der Waals surface area contributed by atoms with E-state index in [1.807, 2.05) is 69.3 Å². The number of aromatic nitrogens is 2. The summed E-state index contributed by atoms with van der Waals surface area (Å²) < 4.78 is 0. The van der Waals surface area contributed by atoms with Crippen molar-refractivity contribution in [3.63, 3.8) is 0 Å². The van der Waals surface area contributed by atoms with Gasteiger partial charge in [0.25, 0.3) is 5.91 Å². The average molecular weight is 443 g/mol. The molecule has 1 aliphatic heterocycles. The highest BCUT2D eigenvalue weighted by atomic mass is 16.2. The predicted octanol–water partition coefficient (Wildman–Crippen LogP) is 4.85. The van der Waals surface area contributed by atoms with Crippen LogP contribution < -0.4 is 10.6 Å². The molecule has 1 aliphatic rings. The van der Waals surface area contributed by atoms with Crippen LogP contribution in [0, 0.1) is 6.92 Å². The Balaban J connectivity index is 1.47. The minimum absolute atomic E-state index is 0.0565. The fraction of sp³-hybridized carbons (Fsp3) is 0.333. The van der Waals surface area contributed by atoms with Crippen LogP contribution >= 0.6 is 0 Å². The normalized spacial score (nSPS) is 18.1. The number of anilines is 1. The minimum Gasteiger partial charge on any atom is -0.348 e. The number of hydrogen-bond donors (Lipinski definition) is 2. The van der Waals surface area contributed by atoms with E-state index in [1.54, 1.807) is 6.20 Å². The molecule has 6 heteroatoms. The van der Waals surface area contributed by atoms with Crippen molar-refractivity contribution in [2.45, 2.75) is 58.4 Å². The third-order valence-electron chi connectivity index (χ3n) is 6.69. The number of nitrogens with zero attached hydrogens (tertiary/aromatic N) is 2. The molecule has 33 heavy (non-hydrogen) atoms. The SMILES string of the molecule is Cc1cc(CNC(=O)c2ccc([C@@H](C)[C@@]3(C)C(=O)Nc4ncccc43)cc2)cc(C(C)C)n1. The lowest BCUT2D eigenvalue weighted by molar-refractivity contribution is -0.120. The van der Waals surface area contributed by atoms with Gasteiger partial charge < -0.3 is 10.6 Å². The van der Waals surface area contributed by atoms with Gasteiger partial charge in [-0.3, -0.25) is 14.6 Å². The quantitative estimate of drug-likeness (QED) is 0.571. The highest BCUT2D eigenvalue weighted by Crippen LogP contribution is 2.45. The topological polar surface area (TPSA) is 84.0 Å². The summed E-state index contributed by atoms with van der Waals surface area (Å²) in [6.07, 6.45) is 1.68. The Labute approximate surface area is 194 Å². The maximum atomic E-state index is 12.8. The average Bonchev–Trinajstić information content (AvgIpc) is 3.07. The summed E-state index contributed by atoms with van der Waals surface area (Å²) in [5.74, 6) is 0.683. The van der Waals surface area contributed by atoms with Crippen LogP contribution in [0.4, 0.5) is 5.82 Å². The van der Waals surface area contributed by atoms with Crippen molar-refractivity contribution in [2.24, 2.45) is 0 Å². The molecule has 0 saturated carbocycles. The first-order valence-electron chi connectivity index (χ1n) is 11.3. The lowest BCUT2D eigenvalue weighted by Crippen LogP contribution is -2.36. The van der Waals surface area contributed by atoms with Crippen molar-refractivity contribution in [1.29, 1.82) is 0 Å². The van der Waals surface area contributed by atoms with E-state index in [2.05, 4.69) is 34.4 Å². The zero-order chi connectivity index (χ0) is 23.8. The second-order valence-electron chi connectivity index (χ2n) is 9.28. The summed E-state index contributed by atoms with van der Waals surface area (Å²) in [6, 6.07) is 15.3. The summed E-state index contributed by atoms with van der Waals surface area (Å²) >= 11 is 0. The van der Waals surface area contributed by atoms with Crippen molar-refractivity contribution < 1.29 is 9.59 Å². The highest BCUT2D eigenvalue weighted by molar-refractivity contribution is 6.05. The summed E-state index contributed by atoms with van der Waals surface area (Å²) in [5.41, 5.74) is 4.77. The van der Waals surface area contributed by atoms with Crippen LogP contribution in [-0.2, 0) is 16.8 Å². The number of aryl methyl sites for hydroxylation is 1. The second kappa shape index (κ2) is 8.77. The second-order valence-corrected chi connectivity index (χ2v) is 9.28. The van der Waals surface area contributed by atoms with Gasteiger partial charge >= 0.3 is 0 Å². The summed E-state index contributed by atoms with van der Waals surface area (Å²) in [6.45, 7) is 10.6. The Kier molecular flexibility index (Phi) is 6.02. The highest BCUT2D eigenvalue weighted by Gasteiger charge is 2.47. The van der Waals surface area contributed by atoms with Gasteiger partial charge in [0.15, 0.2) is 0 Å². The van der Waals surface area contributed by atoms with E-state index in [-0.39, 0.29) is 17.7 Å². The number of rotatable bonds is 6. The molecular weight excluding hydrogens is 412 g/mol. The standard InChI is InChI=1S/C27H30N4O2/c1-16(2)23-14-19(13-17(3)30-23)15-29-25(32)21-10-8-20(9-11-21)18(4)27(5)22-7-6-12-28-24(22)31-26(27)33/h6-14,16,18H,15H2,1-5H3,(H,29,32)(H,28,31,33)/t18-,27-/m1/s1. The van der Waals surface area contributed by atoms with Crippen molar-refractivity contribution in [3.8, 4) is 0 Å². The number of fused-ring (bicyclic) bond motifs is 1. The first kappa shape index (κ1) is 22.6. The predicted molar refractivity (Wildman–Crippen MR) is 129 cm³/mol. The van der Waals surface area contributed by atoms with E-state index in [9.17, 15) is 9.59 Å². The Bertz CT molecular complexity index is 1200. The molecule has 4 rings (SSSR count). The van der Waals surface area contributed by atoms with Gasteiger partial charge in [-0.05, 0) is 67.1 Å². The van der Waals surface area contributed by atoms with Gasteiger partial charge in [-0.1, -0.05) is 39.0 Å². The molecule has 0 saturated heterocycles. The van der Waals surface area contributed by atoms with Gasteiger partial charge in [-0.2, -0.15) is 0 Å². The molecule has 0 spiro atoms. The Morgan fingerprint density at radius 3 is 2.55 bits per heavy atom. The van der Waals surface area contributed by atoms with E-state index in [0.29, 0.717) is 23.8 Å². The summed E-state index contributed by atoms with van der Waals surface area (Å²) in [4.78, 5) is 34.4. The van der Waals surface area contributed by atoms with E-state index >= 15 is 0 Å².